The number of nitrogens with zero attached hydrogens (tertiary/aromatic N) is 1. The number of ether oxygens (including phenoxy) is 1. The van der Waals surface area contributed by atoms with Gasteiger partial charge in [-0.2, -0.15) is 0 Å². The number of alkyl carbamates (subject to hydrolysis) is 1. The van der Waals surface area contributed by atoms with E-state index < -0.39 is 23.1 Å². The molecule has 1 aromatic carbocycles. The highest BCUT2D eigenvalue weighted by Crippen LogP contribution is 2.16. The van der Waals surface area contributed by atoms with Crippen LogP contribution in [0.15, 0.2) is 35.8 Å². The first-order chi connectivity index (χ1) is 12.6. The van der Waals surface area contributed by atoms with Gasteiger partial charge < -0.3 is 19.7 Å². The Balaban J connectivity index is 2.22. The number of carbonyl (C=O) groups excluding carboxylic acids is 1. The predicted octanol–water partition coefficient (Wildman–Crippen LogP) is 3.26. The molecule has 0 aliphatic carbocycles. The summed E-state index contributed by atoms with van der Waals surface area (Å²) in [6, 6.07) is 5.12. The van der Waals surface area contributed by atoms with Crippen LogP contribution in [-0.2, 0) is 11.3 Å². The van der Waals surface area contributed by atoms with Gasteiger partial charge in [0.2, 0.25) is 5.43 Å². The molecule has 1 aromatic heterocycles. The molecule has 7 nitrogen and oxygen atoms in total. The summed E-state index contributed by atoms with van der Waals surface area (Å²) in [6.07, 6.45) is 3.03. The number of aryl methyl sites for hydroxylation is 1. The average molecular weight is 372 g/mol. The first-order valence-corrected chi connectivity index (χ1v) is 8.62. The van der Waals surface area contributed by atoms with Crippen LogP contribution in [0.3, 0.4) is 0 Å². The zero-order valence-corrected chi connectivity index (χ0v) is 15.7. The molecule has 0 aliphatic heterocycles. The second-order valence-electron chi connectivity index (χ2n) is 7.13. The Morgan fingerprint density at radius 3 is 2.63 bits per heavy atom. The van der Waals surface area contributed by atoms with Crippen molar-refractivity contribution in [2.75, 3.05) is 6.54 Å². The summed E-state index contributed by atoms with van der Waals surface area (Å²) in [5, 5.41) is 12.3. The quantitative estimate of drug-likeness (QED) is 0.759. The van der Waals surface area contributed by atoms with E-state index in [1.54, 1.807) is 49.6 Å². The summed E-state index contributed by atoms with van der Waals surface area (Å²) >= 11 is 0. The molecular formula is C20H24N2O5. The molecule has 1 amide bonds. The van der Waals surface area contributed by atoms with E-state index in [4.69, 9.17) is 4.74 Å². The number of aromatic nitrogens is 1. The number of carbonyl (C=O) groups is 2. The van der Waals surface area contributed by atoms with Crippen molar-refractivity contribution in [3.05, 3.63) is 52.3 Å². The number of carboxylic acids is 1. The van der Waals surface area contributed by atoms with E-state index in [0.717, 1.165) is 5.56 Å². The Labute approximate surface area is 157 Å². The van der Waals surface area contributed by atoms with Crippen molar-refractivity contribution in [2.45, 2.75) is 39.3 Å². The molecule has 144 valence electrons. The van der Waals surface area contributed by atoms with Crippen LogP contribution in [0, 0.1) is 0 Å². The largest absolute Gasteiger partial charge is 0.477 e. The highest BCUT2D eigenvalue weighted by Gasteiger charge is 2.16. The van der Waals surface area contributed by atoms with Crippen molar-refractivity contribution in [3.8, 4) is 0 Å². The van der Waals surface area contributed by atoms with Gasteiger partial charge in [0.25, 0.3) is 0 Å². The number of hydrogen-bond acceptors (Lipinski definition) is 4. The van der Waals surface area contributed by atoms with Crippen LogP contribution < -0.4 is 10.7 Å². The molecule has 0 saturated carbocycles. The van der Waals surface area contributed by atoms with Gasteiger partial charge in [0.1, 0.15) is 11.2 Å². The standard InChI is InChI=1S/C20H24N2O5/c1-5-13-7-8-14-16(11-13)22(12-15(17(14)23)18(24)25)10-6-9-21-19(26)27-20(2,3)4/h5,7-8,11-12H,1,6,9-10H2,2-4H3,(H,21,26)(H,24,25). The average Bonchev–Trinajstić information content (AvgIpc) is 2.58. The van der Waals surface area contributed by atoms with E-state index in [9.17, 15) is 19.5 Å². The van der Waals surface area contributed by atoms with Crippen LogP contribution in [0.5, 0.6) is 0 Å². The lowest BCUT2D eigenvalue weighted by molar-refractivity contribution is 0.0526. The zero-order chi connectivity index (χ0) is 20.2. The highest BCUT2D eigenvalue weighted by atomic mass is 16.6. The van der Waals surface area contributed by atoms with Crippen molar-refractivity contribution < 1.29 is 19.4 Å². The number of benzene rings is 1. The first-order valence-electron chi connectivity index (χ1n) is 8.62. The molecule has 0 radical (unpaired) electrons. The van der Waals surface area contributed by atoms with Crippen molar-refractivity contribution in [1.29, 1.82) is 0 Å². The summed E-state index contributed by atoms with van der Waals surface area (Å²) < 4.78 is 6.88. The lowest BCUT2D eigenvalue weighted by atomic mass is 10.1. The molecule has 0 atom stereocenters. The van der Waals surface area contributed by atoms with Crippen LogP contribution in [0.1, 0.15) is 43.1 Å². The number of aromatic carboxylic acids is 1. The van der Waals surface area contributed by atoms with Gasteiger partial charge in [-0.05, 0) is 44.9 Å². The molecule has 0 bridgehead atoms. The molecule has 2 rings (SSSR count). The minimum Gasteiger partial charge on any atom is -0.477 e. The van der Waals surface area contributed by atoms with Gasteiger partial charge in [-0.1, -0.05) is 18.7 Å². The number of rotatable bonds is 6. The Bertz CT molecular complexity index is 938. The number of carboxylic acid groups (broad SMARTS) is 1. The molecule has 2 aromatic rings. The molecule has 27 heavy (non-hydrogen) atoms. The summed E-state index contributed by atoms with van der Waals surface area (Å²) in [5.74, 6) is -1.27. The van der Waals surface area contributed by atoms with Gasteiger partial charge in [-0.25, -0.2) is 9.59 Å². The smallest absolute Gasteiger partial charge is 0.407 e. The van der Waals surface area contributed by atoms with Gasteiger partial charge in [-0.3, -0.25) is 4.79 Å². The van der Waals surface area contributed by atoms with Crippen LogP contribution in [-0.4, -0.2) is 33.9 Å². The van der Waals surface area contributed by atoms with Crippen LogP contribution >= 0.6 is 0 Å². The third-order valence-electron chi connectivity index (χ3n) is 3.82. The fraction of sp³-hybridized carbons (Fsp3) is 0.350. The van der Waals surface area contributed by atoms with E-state index in [2.05, 4.69) is 11.9 Å². The summed E-state index contributed by atoms with van der Waals surface area (Å²) in [7, 11) is 0. The molecule has 0 spiro atoms. The second kappa shape index (κ2) is 8.07. The topological polar surface area (TPSA) is 97.6 Å². The van der Waals surface area contributed by atoms with E-state index >= 15 is 0 Å². The molecule has 0 aliphatic rings. The monoisotopic (exact) mass is 372 g/mol. The molecule has 0 fully saturated rings. The molecule has 7 heteroatoms. The van der Waals surface area contributed by atoms with Crippen molar-refractivity contribution in [2.24, 2.45) is 0 Å². The maximum Gasteiger partial charge on any atom is 0.407 e. The van der Waals surface area contributed by atoms with Gasteiger partial charge in [0, 0.05) is 24.7 Å². The summed E-state index contributed by atoms with van der Waals surface area (Å²) in [5.41, 5.74) is 0.0756. The molecular weight excluding hydrogens is 348 g/mol. The summed E-state index contributed by atoms with van der Waals surface area (Å²) in [4.78, 5) is 35.5. The fourth-order valence-electron chi connectivity index (χ4n) is 2.63. The lowest BCUT2D eigenvalue weighted by Gasteiger charge is -2.19. The normalized spacial score (nSPS) is 11.2. The predicted molar refractivity (Wildman–Crippen MR) is 104 cm³/mol. The van der Waals surface area contributed by atoms with Crippen LogP contribution in [0.25, 0.3) is 17.0 Å². The first kappa shape index (κ1) is 20.2. The Morgan fingerprint density at radius 1 is 1.33 bits per heavy atom. The fourth-order valence-corrected chi connectivity index (χ4v) is 2.63. The van der Waals surface area contributed by atoms with E-state index in [0.29, 0.717) is 30.4 Å². The van der Waals surface area contributed by atoms with Crippen molar-refractivity contribution in [1.82, 2.24) is 9.88 Å². The second-order valence-corrected chi connectivity index (χ2v) is 7.13. The number of amides is 1. The number of fused-ring (bicyclic) bond motifs is 1. The van der Waals surface area contributed by atoms with Gasteiger partial charge in [-0.15, -0.1) is 0 Å². The maximum atomic E-state index is 12.4. The van der Waals surface area contributed by atoms with Gasteiger partial charge in [0.05, 0.1) is 5.52 Å². The van der Waals surface area contributed by atoms with E-state index in [-0.39, 0.29) is 5.56 Å². The Morgan fingerprint density at radius 2 is 2.04 bits per heavy atom. The van der Waals surface area contributed by atoms with E-state index in [1.807, 2.05) is 0 Å². The number of nitrogens with one attached hydrogen (secondary N) is 1. The zero-order valence-electron chi connectivity index (χ0n) is 15.7. The molecule has 0 unspecified atom stereocenters. The minimum absolute atomic E-state index is 0.283. The lowest BCUT2D eigenvalue weighted by Crippen LogP contribution is -2.33. The SMILES string of the molecule is C=Cc1ccc2c(=O)c(C(=O)O)cn(CCCNC(=O)OC(C)(C)C)c2c1. The minimum atomic E-state index is -1.27. The highest BCUT2D eigenvalue weighted by molar-refractivity contribution is 5.93. The van der Waals surface area contributed by atoms with Crippen LogP contribution in [0.4, 0.5) is 4.79 Å². The third kappa shape index (κ3) is 5.20. The van der Waals surface area contributed by atoms with Crippen molar-refractivity contribution >= 4 is 29.0 Å². The Hall–Kier alpha value is -3.09. The molecule has 2 N–H and O–H groups in total. The van der Waals surface area contributed by atoms with Crippen molar-refractivity contribution in [3.63, 3.8) is 0 Å². The number of pyridine rings is 1. The Kier molecular flexibility index (Phi) is 6.05. The van der Waals surface area contributed by atoms with Gasteiger partial charge in [0.15, 0.2) is 0 Å². The number of hydrogen-bond donors (Lipinski definition) is 2. The molecule has 0 saturated heterocycles. The van der Waals surface area contributed by atoms with E-state index in [1.165, 1.54) is 6.20 Å². The third-order valence-corrected chi connectivity index (χ3v) is 3.82. The van der Waals surface area contributed by atoms with Gasteiger partial charge >= 0.3 is 12.1 Å². The summed E-state index contributed by atoms with van der Waals surface area (Å²) in [6.45, 7) is 9.84. The molecule has 1 heterocycles. The van der Waals surface area contributed by atoms with Crippen LogP contribution in [0.2, 0.25) is 0 Å². The maximum absolute atomic E-state index is 12.4.